The van der Waals surface area contributed by atoms with Crippen molar-refractivity contribution in [2.75, 3.05) is 12.4 Å². The van der Waals surface area contributed by atoms with Crippen LogP contribution in [0.1, 0.15) is 26.2 Å². The normalized spacial score (nSPS) is 10.9. The number of anilines is 1. The number of aromatic nitrogens is 5. The average molecular weight is 220 g/mol. The van der Waals surface area contributed by atoms with E-state index in [-0.39, 0.29) is 0 Å². The van der Waals surface area contributed by atoms with Crippen LogP contribution < -0.4 is 5.32 Å². The Morgan fingerprint density at radius 3 is 2.94 bits per heavy atom. The van der Waals surface area contributed by atoms with Crippen LogP contribution in [0.2, 0.25) is 0 Å². The molecule has 16 heavy (non-hydrogen) atoms. The molecule has 86 valence electrons. The Hall–Kier alpha value is -1.72. The minimum absolute atomic E-state index is 0.728. The van der Waals surface area contributed by atoms with Crippen molar-refractivity contribution in [2.24, 2.45) is 0 Å². The summed E-state index contributed by atoms with van der Waals surface area (Å²) in [7, 11) is 1.82. The van der Waals surface area contributed by atoms with Crippen molar-refractivity contribution in [2.45, 2.75) is 32.7 Å². The molecule has 0 atom stereocenters. The SMILES string of the molecule is CCCCCn1nnc2c(NC)ncnc21. The maximum Gasteiger partial charge on any atom is 0.183 e. The summed E-state index contributed by atoms with van der Waals surface area (Å²) in [6.07, 6.45) is 5.04. The summed E-state index contributed by atoms with van der Waals surface area (Å²) >= 11 is 0. The average Bonchev–Trinajstić information content (AvgIpc) is 2.73. The Bertz CT molecular complexity index is 463. The molecule has 0 aliphatic rings. The van der Waals surface area contributed by atoms with Gasteiger partial charge in [-0.2, -0.15) is 0 Å². The molecule has 0 aromatic carbocycles. The van der Waals surface area contributed by atoms with E-state index >= 15 is 0 Å². The molecular weight excluding hydrogens is 204 g/mol. The second-order valence-electron chi connectivity index (χ2n) is 3.66. The Balaban J connectivity index is 2.27. The summed E-state index contributed by atoms with van der Waals surface area (Å²) in [5.74, 6) is 0.728. The first kappa shape index (κ1) is 10.8. The van der Waals surface area contributed by atoms with Crippen LogP contribution in [0.3, 0.4) is 0 Å². The molecule has 0 saturated carbocycles. The smallest absolute Gasteiger partial charge is 0.183 e. The van der Waals surface area contributed by atoms with Gasteiger partial charge in [-0.15, -0.1) is 5.10 Å². The van der Waals surface area contributed by atoms with Crippen molar-refractivity contribution in [3.8, 4) is 0 Å². The van der Waals surface area contributed by atoms with Gasteiger partial charge in [0.1, 0.15) is 6.33 Å². The maximum absolute atomic E-state index is 4.22. The number of hydrogen-bond acceptors (Lipinski definition) is 5. The molecular formula is C10H16N6. The molecule has 6 nitrogen and oxygen atoms in total. The van der Waals surface area contributed by atoms with Gasteiger partial charge in [0.25, 0.3) is 0 Å². The van der Waals surface area contributed by atoms with Crippen LogP contribution in [0.5, 0.6) is 0 Å². The Morgan fingerprint density at radius 2 is 2.19 bits per heavy atom. The van der Waals surface area contributed by atoms with Crippen molar-refractivity contribution >= 4 is 17.0 Å². The van der Waals surface area contributed by atoms with Crippen molar-refractivity contribution < 1.29 is 0 Å². The number of nitrogens with one attached hydrogen (secondary N) is 1. The fourth-order valence-electron chi connectivity index (χ4n) is 1.64. The van der Waals surface area contributed by atoms with Gasteiger partial charge in [0.15, 0.2) is 17.0 Å². The summed E-state index contributed by atoms with van der Waals surface area (Å²) in [5.41, 5.74) is 1.54. The van der Waals surface area contributed by atoms with Crippen LogP contribution >= 0.6 is 0 Å². The highest BCUT2D eigenvalue weighted by Gasteiger charge is 2.09. The van der Waals surface area contributed by atoms with Crippen molar-refractivity contribution in [1.82, 2.24) is 25.0 Å². The third-order valence-corrected chi connectivity index (χ3v) is 2.51. The van der Waals surface area contributed by atoms with E-state index in [1.54, 1.807) is 0 Å². The molecule has 0 fully saturated rings. The number of fused-ring (bicyclic) bond motifs is 1. The molecule has 0 radical (unpaired) electrons. The van der Waals surface area contributed by atoms with E-state index in [1.807, 2.05) is 11.7 Å². The fourth-order valence-corrected chi connectivity index (χ4v) is 1.64. The van der Waals surface area contributed by atoms with E-state index < -0.39 is 0 Å². The predicted octanol–water partition coefficient (Wildman–Crippen LogP) is 1.45. The van der Waals surface area contributed by atoms with E-state index in [0.717, 1.165) is 29.9 Å². The number of hydrogen-bond donors (Lipinski definition) is 1. The molecule has 0 aliphatic heterocycles. The molecule has 2 heterocycles. The number of unbranched alkanes of at least 4 members (excludes halogenated alkanes) is 2. The summed E-state index contributed by atoms with van der Waals surface area (Å²) < 4.78 is 1.84. The lowest BCUT2D eigenvalue weighted by Gasteiger charge is -2.01. The maximum atomic E-state index is 4.22. The zero-order chi connectivity index (χ0) is 11.4. The minimum Gasteiger partial charge on any atom is -0.371 e. The van der Waals surface area contributed by atoms with Gasteiger partial charge in [0, 0.05) is 13.6 Å². The van der Waals surface area contributed by atoms with E-state index in [0.29, 0.717) is 0 Å². The van der Waals surface area contributed by atoms with Gasteiger partial charge < -0.3 is 5.32 Å². The summed E-state index contributed by atoms with van der Waals surface area (Å²) in [6, 6.07) is 0. The monoisotopic (exact) mass is 220 g/mol. The second-order valence-corrected chi connectivity index (χ2v) is 3.66. The molecule has 2 aromatic rings. The number of aryl methyl sites for hydroxylation is 1. The fraction of sp³-hybridized carbons (Fsp3) is 0.600. The molecule has 6 heteroatoms. The third kappa shape index (κ3) is 1.95. The topological polar surface area (TPSA) is 68.5 Å². The lowest BCUT2D eigenvalue weighted by Crippen LogP contribution is -2.02. The first-order valence-electron chi connectivity index (χ1n) is 5.58. The second kappa shape index (κ2) is 4.87. The molecule has 0 aliphatic carbocycles. The Morgan fingerprint density at radius 1 is 1.31 bits per heavy atom. The van der Waals surface area contributed by atoms with Gasteiger partial charge >= 0.3 is 0 Å². The van der Waals surface area contributed by atoms with Crippen LogP contribution in [0, 0.1) is 0 Å². The molecule has 0 bridgehead atoms. The predicted molar refractivity (Wildman–Crippen MR) is 62.2 cm³/mol. The molecule has 0 spiro atoms. The summed E-state index contributed by atoms with van der Waals surface area (Å²) in [5, 5.41) is 11.2. The van der Waals surface area contributed by atoms with Crippen LogP contribution in [0.25, 0.3) is 11.2 Å². The van der Waals surface area contributed by atoms with E-state index in [4.69, 9.17) is 0 Å². The first-order valence-corrected chi connectivity index (χ1v) is 5.58. The molecule has 0 amide bonds. The zero-order valence-electron chi connectivity index (χ0n) is 9.64. The molecule has 0 unspecified atom stereocenters. The van der Waals surface area contributed by atoms with Gasteiger partial charge in [0.05, 0.1) is 0 Å². The van der Waals surface area contributed by atoms with Crippen molar-refractivity contribution in [3.05, 3.63) is 6.33 Å². The zero-order valence-corrected chi connectivity index (χ0v) is 9.64. The van der Waals surface area contributed by atoms with Gasteiger partial charge in [-0.05, 0) is 6.42 Å². The largest absolute Gasteiger partial charge is 0.371 e. The van der Waals surface area contributed by atoms with Crippen LogP contribution in [-0.2, 0) is 6.54 Å². The molecule has 1 N–H and O–H groups in total. The summed E-state index contributed by atoms with van der Waals surface area (Å²) in [6.45, 7) is 3.05. The van der Waals surface area contributed by atoms with Gasteiger partial charge in [-0.1, -0.05) is 25.0 Å². The van der Waals surface area contributed by atoms with Gasteiger partial charge in [0.2, 0.25) is 0 Å². The highest BCUT2D eigenvalue weighted by molar-refractivity contribution is 5.81. The van der Waals surface area contributed by atoms with Crippen LogP contribution in [0.15, 0.2) is 6.33 Å². The van der Waals surface area contributed by atoms with E-state index in [1.165, 1.54) is 19.2 Å². The number of rotatable bonds is 5. The Kier molecular flexibility index (Phi) is 3.28. The molecule has 2 rings (SSSR count). The lowest BCUT2D eigenvalue weighted by molar-refractivity contribution is 0.547. The van der Waals surface area contributed by atoms with Gasteiger partial charge in [-0.3, -0.25) is 0 Å². The van der Waals surface area contributed by atoms with Crippen LogP contribution in [0.4, 0.5) is 5.82 Å². The molecule has 0 saturated heterocycles. The number of nitrogens with zero attached hydrogens (tertiary/aromatic N) is 5. The summed E-state index contributed by atoms with van der Waals surface area (Å²) in [4.78, 5) is 8.31. The van der Waals surface area contributed by atoms with Crippen molar-refractivity contribution in [1.29, 1.82) is 0 Å². The minimum atomic E-state index is 0.728. The van der Waals surface area contributed by atoms with E-state index in [2.05, 4.69) is 32.5 Å². The molecule has 2 aromatic heterocycles. The highest BCUT2D eigenvalue weighted by Crippen LogP contribution is 2.15. The van der Waals surface area contributed by atoms with Crippen LogP contribution in [-0.4, -0.2) is 32.0 Å². The van der Waals surface area contributed by atoms with Crippen molar-refractivity contribution in [3.63, 3.8) is 0 Å². The van der Waals surface area contributed by atoms with Gasteiger partial charge in [-0.25, -0.2) is 14.6 Å². The first-order chi connectivity index (χ1) is 7.86. The standard InChI is InChI=1S/C10H16N6/c1-3-4-5-6-16-10-8(14-15-16)9(11-2)12-7-13-10/h7H,3-6H2,1-2H3,(H,11,12,13). The highest BCUT2D eigenvalue weighted by atomic mass is 15.4. The Labute approximate surface area is 94.1 Å². The van der Waals surface area contributed by atoms with E-state index in [9.17, 15) is 0 Å². The lowest BCUT2D eigenvalue weighted by atomic mass is 10.2. The quantitative estimate of drug-likeness (QED) is 0.772. The third-order valence-electron chi connectivity index (χ3n) is 2.51.